The number of halogens is 1. The second-order valence-electron chi connectivity index (χ2n) is 5.44. The molecule has 0 aliphatic rings. The van der Waals surface area contributed by atoms with E-state index in [0.717, 1.165) is 4.90 Å². The van der Waals surface area contributed by atoms with Crippen LogP contribution in [0.15, 0.2) is 59.5 Å². The standard InChI is InChI=1S/C19H20ClNO3S/c1-13(25-14-8-4-3-5-9-14)19(23)21-17(12-18(22)24-2)15-10-6-7-11-16(15)20/h3-11,13,17H,12H2,1-2H3,(H,21,23). The molecule has 132 valence electrons. The Morgan fingerprint density at radius 1 is 1.12 bits per heavy atom. The number of thioether (sulfide) groups is 1. The van der Waals surface area contributed by atoms with Gasteiger partial charge < -0.3 is 10.1 Å². The van der Waals surface area contributed by atoms with Crippen molar-refractivity contribution < 1.29 is 14.3 Å². The Labute approximate surface area is 156 Å². The number of ether oxygens (including phenoxy) is 1. The minimum Gasteiger partial charge on any atom is -0.469 e. The van der Waals surface area contributed by atoms with Crippen LogP contribution in [-0.4, -0.2) is 24.2 Å². The van der Waals surface area contributed by atoms with E-state index in [4.69, 9.17) is 16.3 Å². The molecule has 1 N–H and O–H groups in total. The van der Waals surface area contributed by atoms with Gasteiger partial charge in [-0.25, -0.2) is 0 Å². The first-order chi connectivity index (χ1) is 12.0. The molecule has 0 saturated heterocycles. The summed E-state index contributed by atoms with van der Waals surface area (Å²) in [6, 6.07) is 16.3. The molecule has 0 bridgehead atoms. The highest BCUT2D eigenvalue weighted by molar-refractivity contribution is 8.00. The highest BCUT2D eigenvalue weighted by Gasteiger charge is 2.24. The second-order valence-corrected chi connectivity index (χ2v) is 7.26. The molecule has 0 fully saturated rings. The molecule has 2 aromatic carbocycles. The Bertz CT molecular complexity index is 724. The van der Waals surface area contributed by atoms with Crippen LogP contribution >= 0.6 is 23.4 Å². The summed E-state index contributed by atoms with van der Waals surface area (Å²) in [5.41, 5.74) is 0.694. The zero-order chi connectivity index (χ0) is 18.2. The van der Waals surface area contributed by atoms with Gasteiger partial charge in [0.15, 0.2) is 0 Å². The van der Waals surface area contributed by atoms with Crippen LogP contribution < -0.4 is 5.32 Å². The third kappa shape index (κ3) is 5.80. The topological polar surface area (TPSA) is 55.4 Å². The maximum atomic E-state index is 12.6. The number of carbonyl (C=O) groups is 2. The van der Waals surface area contributed by atoms with Gasteiger partial charge in [-0.15, -0.1) is 11.8 Å². The summed E-state index contributed by atoms with van der Waals surface area (Å²) < 4.78 is 4.74. The first kappa shape index (κ1) is 19.3. The van der Waals surface area contributed by atoms with Crippen LogP contribution in [0.3, 0.4) is 0 Å². The molecule has 1 amide bonds. The summed E-state index contributed by atoms with van der Waals surface area (Å²) in [6.07, 6.45) is 0.0225. The number of carbonyl (C=O) groups excluding carboxylic acids is 2. The van der Waals surface area contributed by atoms with Crippen LogP contribution in [0.2, 0.25) is 5.02 Å². The maximum absolute atomic E-state index is 12.6. The fourth-order valence-corrected chi connectivity index (χ4v) is 3.46. The molecule has 4 nitrogen and oxygen atoms in total. The third-order valence-corrected chi connectivity index (χ3v) is 5.08. The molecular formula is C19H20ClNO3S. The van der Waals surface area contributed by atoms with Crippen LogP contribution in [0, 0.1) is 0 Å². The molecule has 0 radical (unpaired) electrons. The summed E-state index contributed by atoms with van der Waals surface area (Å²) in [7, 11) is 1.32. The lowest BCUT2D eigenvalue weighted by Gasteiger charge is -2.21. The van der Waals surface area contributed by atoms with E-state index in [1.54, 1.807) is 18.2 Å². The predicted molar refractivity (Wildman–Crippen MR) is 101 cm³/mol. The lowest BCUT2D eigenvalue weighted by atomic mass is 10.0. The fourth-order valence-electron chi connectivity index (χ4n) is 2.29. The van der Waals surface area contributed by atoms with Crippen molar-refractivity contribution in [3.8, 4) is 0 Å². The monoisotopic (exact) mass is 377 g/mol. The van der Waals surface area contributed by atoms with E-state index < -0.39 is 12.0 Å². The van der Waals surface area contributed by atoms with E-state index >= 15 is 0 Å². The Kier molecular flexibility index (Phi) is 7.34. The zero-order valence-electron chi connectivity index (χ0n) is 14.1. The first-order valence-corrected chi connectivity index (χ1v) is 9.10. The molecular weight excluding hydrogens is 358 g/mol. The second kappa shape index (κ2) is 9.49. The van der Waals surface area contributed by atoms with Gasteiger partial charge in [-0.3, -0.25) is 9.59 Å². The summed E-state index contributed by atoms with van der Waals surface area (Å²) in [5, 5.41) is 3.10. The van der Waals surface area contributed by atoms with Crippen molar-refractivity contribution in [2.75, 3.05) is 7.11 Å². The number of amides is 1. The van der Waals surface area contributed by atoms with Crippen LogP contribution in [0.4, 0.5) is 0 Å². The van der Waals surface area contributed by atoms with Gasteiger partial charge in [0.1, 0.15) is 0 Å². The molecule has 0 saturated carbocycles. The van der Waals surface area contributed by atoms with E-state index in [0.29, 0.717) is 10.6 Å². The Hall–Kier alpha value is -1.98. The Morgan fingerprint density at radius 3 is 2.40 bits per heavy atom. The molecule has 2 aromatic rings. The van der Waals surface area contributed by atoms with Crippen LogP contribution in [0.5, 0.6) is 0 Å². The molecule has 0 aliphatic heterocycles. The molecule has 2 atom stereocenters. The van der Waals surface area contributed by atoms with Crippen molar-refractivity contribution in [3.05, 3.63) is 65.2 Å². The SMILES string of the molecule is COC(=O)CC(NC(=O)C(C)Sc1ccccc1)c1ccccc1Cl. The van der Waals surface area contributed by atoms with E-state index in [9.17, 15) is 9.59 Å². The first-order valence-electron chi connectivity index (χ1n) is 7.84. The number of hydrogen-bond acceptors (Lipinski definition) is 4. The molecule has 2 rings (SSSR count). The quantitative estimate of drug-likeness (QED) is 0.579. The van der Waals surface area contributed by atoms with Crippen molar-refractivity contribution in [1.82, 2.24) is 5.32 Å². The average molecular weight is 378 g/mol. The summed E-state index contributed by atoms with van der Waals surface area (Å²) in [4.78, 5) is 25.3. The fraction of sp³-hybridized carbons (Fsp3) is 0.263. The number of nitrogens with one attached hydrogen (secondary N) is 1. The van der Waals surface area contributed by atoms with Gasteiger partial charge in [0.05, 0.1) is 24.8 Å². The van der Waals surface area contributed by atoms with Gasteiger partial charge in [-0.2, -0.15) is 0 Å². The maximum Gasteiger partial charge on any atom is 0.307 e. The number of benzene rings is 2. The molecule has 6 heteroatoms. The largest absolute Gasteiger partial charge is 0.469 e. The molecule has 0 aliphatic carbocycles. The van der Waals surface area contributed by atoms with Crippen LogP contribution in [0.1, 0.15) is 24.9 Å². The highest BCUT2D eigenvalue weighted by Crippen LogP contribution is 2.27. The molecule has 0 heterocycles. The number of hydrogen-bond donors (Lipinski definition) is 1. The molecule has 2 unspecified atom stereocenters. The van der Waals surface area contributed by atoms with Crippen molar-refractivity contribution in [1.29, 1.82) is 0 Å². The Morgan fingerprint density at radius 2 is 1.76 bits per heavy atom. The van der Waals surface area contributed by atoms with Crippen molar-refractivity contribution in [2.24, 2.45) is 0 Å². The van der Waals surface area contributed by atoms with E-state index in [1.165, 1.54) is 18.9 Å². The highest BCUT2D eigenvalue weighted by atomic mass is 35.5. The minimum absolute atomic E-state index is 0.0225. The molecule has 25 heavy (non-hydrogen) atoms. The lowest BCUT2D eigenvalue weighted by Crippen LogP contribution is -2.35. The normalized spacial score (nSPS) is 12.9. The predicted octanol–water partition coefficient (Wildman–Crippen LogP) is 4.24. The van der Waals surface area contributed by atoms with Gasteiger partial charge >= 0.3 is 5.97 Å². The van der Waals surface area contributed by atoms with Crippen LogP contribution in [0.25, 0.3) is 0 Å². The van der Waals surface area contributed by atoms with Gasteiger partial charge in [0.2, 0.25) is 5.91 Å². The van der Waals surface area contributed by atoms with Gasteiger partial charge in [-0.05, 0) is 30.7 Å². The van der Waals surface area contributed by atoms with Gasteiger partial charge in [-0.1, -0.05) is 48.0 Å². The van der Waals surface area contributed by atoms with E-state index in [1.807, 2.05) is 43.3 Å². The van der Waals surface area contributed by atoms with E-state index in [-0.39, 0.29) is 17.6 Å². The number of esters is 1. The average Bonchev–Trinajstić information content (AvgIpc) is 2.62. The minimum atomic E-state index is -0.535. The number of rotatable bonds is 7. The smallest absolute Gasteiger partial charge is 0.307 e. The van der Waals surface area contributed by atoms with Crippen LogP contribution in [-0.2, 0) is 14.3 Å². The summed E-state index contributed by atoms with van der Waals surface area (Å²) >= 11 is 7.69. The molecule has 0 aromatic heterocycles. The summed E-state index contributed by atoms with van der Waals surface area (Å²) in [5.74, 6) is -0.573. The third-order valence-electron chi connectivity index (χ3n) is 3.62. The van der Waals surface area contributed by atoms with Crippen molar-refractivity contribution >= 4 is 35.2 Å². The number of methoxy groups -OCH3 is 1. The van der Waals surface area contributed by atoms with Gasteiger partial charge in [0.25, 0.3) is 0 Å². The van der Waals surface area contributed by atoms with Crippen molar-refractivity contribution in [2.45, 2.75) is 29.5 Å². The van der Waals surface area contributed by atoms with Crippen molar-refractivity contribution in [3.63, 3.8) is 0 Å². The summed E-state index contributed by atoms with van der Waals surface area (Å²) in [6.45, 7) is 1.83. The van der Waals surface area contributed by atoms with Gasteiger partial charge in [0, 0.05) is 9.92 Å². The Balaban J connectivity index is 2.11. The lowest BCUT2D eigenvalue weighted by molar-refractivity contribution is -0.141. The van der Waals surface area contributed by atoms with E-state index in [2.05, 4.69) is 5.32 Å². The molecule has 0 spiro atoms. The zero-order valence-corrected chi connectivity index (χ0v) is 15.6.